The summed E-state index contributed by atoms with van der Waals surface area (Å²) < 4.78 is 13.8. The lowest BCUT2D eigenvalue weighted by atomic mass is 9.81. The van der Waals surface area contributed by atoms with Gasteiger partial charge in [0.1, 0.15) is 5.82 Å². The highest BCUT2D eigenvalue weighted by molar-refractivity contribution is 5.94. The van der Waals surface area contributed by atoms with Crippen LogP contribution < -0.4 is 5.32 Å². The number of carbonyl (C=O) groups is 1. The molecule has 0 aromatic heterocycles. The highest BCUT2D eigenvalue weighted by Crippen LogP contribution is 2.29. The first kappa shape index (κ1) is 15.0. The average molecular weight is 277 g/mol. The molecule has 0 unspecified atom stereocenters. The van der Waals surface area contributed by atoms with Crippen molar-refractivity contribution < 1.29 is 9.18 Å². The molecule has 1 aromatic carbocycles. The minimum Gasteiger partial charge on any atom is -0.352 e. The first-order chi connectivity index (χ1) is 9.58. The van der Waals surface area contributed by atoms with Crippen LogP contribution >= 0.6 is 0 Å². The minimum absolute atomic E-state index is 0.155. The Morgan fingerprint density at radius 2 is 2.00 bits per heavy atom. The van der Waals surface area contributed by atoms with Gasteiger partial charge in [0.15, 0.2) is 0 Å². The normalized spacial score (nSPS) is 22.6. The van der Waals surface area contributed by atoms with E-state index in [-0.39, 0.29) is 11.5 Å². The second-order valence-corrected chi connectivity index (χ2v) is 6.11. The van der Waals surface area contributed by atoms with Crippen LogP contribution in [0.3, 0.4) is 0 Å². The van der Waals surface area contributed by atoms with Crippen molar-refractivity contribution in [2.75, 3.05) is 6.54 Å². The molecule has 0 saturated heterocycles. The van der Waals surface area contributed by atoms with Crippen molar-refractivity contribution in [2.24, 2.45) is 11.8 Å². The quantitative estimate of drug-likeness (QED) is 0.882. The molecule has 1 saturated carbocycles. The van der Waals surface area contributed by atoms with Gasteiger partial charge in [-0.25, -0.2) is 4.39 Å². The van der Waals surface area contributed by atoms with Crippen LogP contribution in [0.4, 0.5) is 4.39 Å². The Labute approximate surface area is 120 Å². The van der Waals surface area contributed by atoms with E-state index in [4.69, 9.17) is 0 Å². The summed E-state index contributed by atoms with van der Waals surface area (Å²) in [6.07, 6.45) is 6.12. The number of carbonyl (C=O) groups excluding carboxylic acids is 1. The van der Waals surface area contributed by atoms with Crippen molar-refractivity contribution in [3.63, 3.8) is 0 Å². The zero-order valence-corrected chi connectivity index (χ0v) is 12.4. The van der Waals surface area contributed by atoms with E-state index in [0.717, 1.165) is 12.3 Å². The van der Waals surface area contributed by atoms with Crippen molar-refractivity contribution in [1.29, 1.82) is 0 Å². The van der Waals surface area contributed by atoms with Gasteiger partial charge in [-0.3, -0.25) is 4.79 Å². The predicted octanol–water partition coefficient (Wildman–Crippen LogP) is 4.08. The molecule has 1 aliphatic carbocycles. The number of hydrogen-bond acceptors (Lipinski definition) is 1. The van der Waals surface area contributed by atoms with Crippen LogP contribution in [-0.4, -0.2) is 12.5 Å². The maximum absolute atomic E-state index is 13.8. The summed E-state index contributed by atoms with van der Waals surface area (Å²) >= 11 is 0. The molecule has 1 N–H and O–H groups in total. The molecule has 1 fully saturated rings. The van der Waals surface area contributed by atoms with Crippen molar-refractivity contribution >= 4 is 5.91 Å². The molecule has 2 rings (SSSR count). The minimum atomic E-state index is -0.406. The van der Waals surface area contributed by atoms with Gasteiger partial charge >= 0.3 is 0 Å². The highest BCUT2D eigenvalue weighted by atomic mass is 19.1. The molecule has 0 bridgehead atoms. The smallest absolute Gasteiger partial charge is 0.254 e. The van der Waals surface area contributed by atoms with Crippen LogP contribution in [0, 0.1) is 24.6 Å². The summed E-state index contributed by atoms with van der Waals surface area (Å²) in [6, 6.07) is 4.94. The monoisotopic (exact) mass is 277 g/mol. The lowest BCUT2D eigenvalue weighted by Crippen LogP contribution is -2.27. The van der Waals surface area contributed by atoms with Crippen molar-refractivity contribution in [2.45, 2.75) is 46.0 Å². The predicted molar refractivity (Wildman–Crippen MR) is 79.2 cm³/mol. The number of aryl methyl sites for hydroxylation is 1. The molecule has 2 nitrogen and oxygen atoms in total. The summed E-state index contributed by atoms with van der Waals surface area (Å²) in [6.45, 7) is 4.62. The molecular formula is C17H24FNO. The largest absolute Gasteiger partial charge is 0.352 e. The van der Waals surface area contributed by atoms with Gasteiger partial charge in [0, 0.05) is 6.54 Å². The van der Waals surface area contributed by atoms with E-state index in [2.05, 4.69) is 12.2 Å². The van der Waals surface area contributed by atoms with E-state index in [9.17, 15) is 9.18 Å². The number of benzene rings is 1. The molecular weight excluding hydrogens is 253 g/mol. The van der Waals surface area contributed by atoms with Gasteiger partial charge in [-0.05, 0) is 36.8 Å². The molecule has 0 radical (unpaired) electrons. The van der Waals surface area contributed by atoms with Crippen molar-refractivity contribution in [1.82, 2.24) is 5.32 Å². The number of halogens is 1. The number of amides is 1. The summed E-state index contributed by atoms with van der Waals surface area (Å²) in [5.41, 5.74) is 0.668. The number of hydrogen-bond donors (Lipinski definition) is 1. The Kier molecular flexibility index (Phi) is 5.16. The fourth-order valence-electron chi connectivity index (χ4n) is 2.93. The average Bonchev–Trinajstić information content (AvgIpc) is 2.44. The molecule has 110 valence electrons. The zero-order valence-electron chi connectivity index (χ0n) is 12.4. The maximum Gasteiger partial charge on any atom is 0.254 e. The third-order valence-electron chi connectivity index (χ3n) is 4.41. The molecule has 0 spiro atoms. The first-order valence-electron chi connectivity index (χ1n) is 7.61. The van der Waals surface area contributed by atoms with Gasteiger partial charge in [-0.2, -0.15) is 0 Å². The van der Waals surface area contributed by atoms with Gasteiger partial charge in [0.05, 0.1) is 5.56 Å². The second-order valence-electron chi connectivity index (χ2n) is 6.11. The summed E-state index contributed by atoms with van der Waals surface area (Å²) in [4.78, 5) is 12.0. The lowest BCUT2D eigenvalue weighted by molar-refractivity contribution is 0.0945. The second kappa shape index (κ2) is 6.87. The Hall–Kier alpha value is -1.38. The molecule has 0 aliphatic heterocycles. The van der Waals surface area contributed by atoms with E-state index in [1.807, 2.05) is 0 Å². The van der Waals surface area contributed by atoms with E-state index in [1.54, 1.807) is 25.1 Å². The van der Waals surface area contributed by atoms with E-state index >= 15 is 0 Å². The van der Waals surface area contributed by atoms with Crippen LogP contribution in [0.2, 0.25) is 0 Å². The van der Waals surface area contributed by atoms with Crippen molar-refractivity contribution in [3.05, 3.63) is 35.1 Å². The third kappa shape index (κ3) is 3.81. The van der Waals surface area contributed by atoms with E-state index < -0.39 is 5.82 Å². The number of rotatable bonds is 4. The highest BCUT2D eigenvalue weighted by Gasteiger charge is 2.18. The van der Waals surface area contributed by atoms with Gasteiger partial charge in [0.25, 0.3) is 5.91 Å². The Balaban J connectivity index is 1.79. The van der Waals surface area contributed by atoms with Gasteiger partial charge < -0.3 is 5.32 Å². The third-order valence-corrected chi connectivity index (χ3v) is 4.41. The molecule has 20 heavy (non-hydrogen) atoms. The fourth-order valence-corrected chi connectivity index (χ4v) is 2.93. The molecule has 1 aliphatic rings. The van der Waals surface area contributed by atoms with Crippen LogP contribution in [-0.2, 0) is 0 Å². The SMILES string of the molecule is Cc1cccc(C(=O)NCCC2CCC(C)CC2)c1F. The molecule has 3 heteroatoms. The van der Waals surface area contributed by atoms with Crippen LogP contribution in [0.5, 0.6) is 0 Å². The standard InChI is InChI=1S/C17H24FNO/c1-12-6-8-14(9-7-12)10-11-19-17(20)15-5-3-4-13(2)16(15)18/h3-5,12,14H,6-11H2,1-2H3,(H,19,20). The fraction of sp³-hybridized carbons (Fsp3) is 0.588. The summed E-state index contributed by atoms with van der Waals surface area (Å²) in [5.74, 6) is 0.864. The lowest BCUT2D eigenvalue weighted by Gasteiger charge is -2.26. The summed E-state index contributed by atoms with van der Waals surface area (Å²) in [5, 5.41) is 2.85. The molecule has 0 atom stereocenters. The van der Waals surface area contributed by atoms with E-state index in [0.29, 0.717) is 18.0 Å². The van der Waals surface area contributed by atoms with Gasteiger partial charge in [-0.1, -0.05) is 44.7 Å². The Morgan fingerprint density at radius 3 is 2.70 bits per heavy atom. The molecule has 1 aromatic rings. The number of nitrogens with one attached hydrogen (secondary N) is 1. The van der Waals surface area contributed by atoms with E-state index in [1.165, 1.54) is 25.7 Å². The van der Waals surface area contributed by atoms with Crippen LogP contribution in [0.15, 0.2) is 18.2 Å². The van der Waals surface area contributed by atoms with Crippen molar-refractivity contribution in [3.8, 4) is 0 Å². The first-order valence-corrected chi connectivity index (χ1v) is 7.61. The Morgan fingerprint density at radius 1 is 1.30 bits per heavy atom. The van der Waals surface area contributed by atoms with Crippen LogP contribution in [0.25, 0.3) is 0 Å². The van der Waals surface area contributed by atoms with Gasteiger partial charge in [0.2, 0.25) is 0 Å². The zero-order chi connectivity index (χ0) is 14.5. The maximum atomic E-state index is 13.8. The topological polar surface area (TPSA) is 29.1 Å². The Bertz CT molecular complexity index is 464. The molecule has 1 amide bonds. The molecule has 0 heterocycles. The van der Waals surface area contributed by atoms with Crippen LogP contribution in [0.1, 0.15) is 54.9 Å². The van der Waals surface area contributed by atoms with Gasteiger partial charge in [-0.15, -0.1) is 0 Å². The summed E-state index contributed by atoms with van der Waals surface area (Å²) in [7, 11) is 0.